The third-order valence-corrected chi connectivity index (χ3v) is 2.96. The second-order valence-corrected chi connectivity index (χ2v) is 4.38. The zero-order chi connectivity index (χ0) is 14.7. The van der Waals surface area contributed by atoms with Gasteiger partial charge in [0.2, 0.25) is 0 Å². The van der Waals surface area contributed by atoms with Crippen LogP contribution < -0.4 is 10.1 Å². The van der Waals surface area contributed by atoms with Gasteiger partial charge in [-0.2, -0.15) is 0 Å². The van der Waals surface area contributed by atoms with Crippen molar-refractivity contribution in [3.63, 3.8) is 0 Å². The number of nitrogens with one attached hydrogen (secondary N) is 1. The summed E-state index contributed by atoms with van der Waals surface area (Å²) in [4.78, 5) is 0. The predicted molar refractivity (Wildman–Crippen MR) is 71.3 cm³/mol. The van der Waals surface area contributed by atoms with Crippen molar-refractivity contribution in [1.29, 1.82) is 0 Å². The van der Waals surface area contributed by atoms with Gasteiger partial charge in [-0.1, -0.05) is 0 Å². The van der Waals surface area contributed by atoms with Crippen LogP contribution in [0.3, 0.4) is 0 Å². The lowest BCUT2D eigenvalue weighted by Crippen LogP contribution is -2.09. The third-order valence-electron chi connectivity index (χ3n) is 2.96. The van der Waals surface area contributed by atoms with Crippen molar-refractivity contribution in [2.24, 2.45) is 0 Å². The number of methoxy groups -OCH3 is 1. The molecule has 1 unspecified atom stereocenters. The highest BCUT2D eigenvalue weighted by molar-refractivity contribution is 5.49. The lowest BCUT2D eigenvalue weighted by atomic mass is 10.1. The van der Waals surface area contributed by atoms with Crippen molar-refractivity contribution in [2.45, 2.75) is 13.0 Å². The number of anilines is 1. The van der Waals surface area contributed by atoms with E-state index in [0.717, 1.165) is 18.2 Å². The van der Waals surface area contributed by atoms with E-state index in [2.05, 4.69) is 5.32 Å². The molecule has 2 aromatic rings. The van der Waals surface area contributed by atoms with Gasteiger partial charge >= 0.3 is 0 Å². The van der Waals surface area contributed by atoms with Crippen molar-refractivity contribution in [3.05, 3.63) is 59.4 Å². The molecule has 0 saturated carbocycles. The summed E-state index contributed by atoms with van der Waals surface area (Å²) in [6.07, 6.45) is 0. The lowest BCUT2D eigenvalue weighted by Gasteiger charge is -2.17. The summed E-state index contributed by atoms with van der Waals surface area (Å²) >= 11 is 0. The zero-order valence-electron chi connectivity index (χ0n) is 11.1. The van der Waals surface area contributed by atoms with Crippen LogP contribution in [0, 0.1) is 17.5 Å². The molecular formula is C15H14F3NO. The second-order valence-electron chi connectivity index (χ2n) is 4.38. The first-order chi connectivity index (χ1) is 9.51. The summed E-state index contributed by atoms with van der Waals surface area (Å²) in [5.41, 5.74) is 0.640. The minimum atomic E-state index is -0.524. The van der Waals surface area contributed by atoms with Gasteiger partial charge in [0.1, 0.15) is 11.6 Å². The normalized spacial score (nSPS) is 12.1. The Hall–Kier alpha value is -2.17. The summed E-state index contributed by atoms with van der Waals surface area (Å²) in [5, 5.41) is 2.92. The first-order valence-corrected chi connectivity index (χ1v) is 6.06. The molecule has 2 aromatic carbocycles. The second kappa shape index (κ2) is 5.86. The van der Waals surface area contributed by atoms with Gasteiger partial charge in [0.05, 0.1) is 13.2 Å². The Morgan fingerprint density at radius 2 is 1.75 bits per heavy atom. The Morgan fingerprint density at radius 3 is 2.40 bits per heavy atom. The molecule has 0 aliphatic rings. The minimum absolute atomic E-state index is 0.125. The van der Waals surface area contributed by atoms with Gasteiger partial charge in [0, 0.05) is 17.3 Å². The largest absolute Gasteiger partial charge is 0.494 e. The maximum Gasteiger partial charge on any atom is 0.167 e. The average Bonchev–Trinajstić information content (AvgIpc) is 2.41. The van der Waals surface area contributed by atoms with Crippen molar-refractivity contribution < 1.29 is 17.9 Å². The van der Waals surface area contributed by atoms with Gasteiger partial charge in [0.25, 0.3) is 0 Å². The predicted octanol–water partition coefficient (Wildman–Crippen LogP) is 4.29. The number of rotatable bonds is 4. The van der Waals surface area contributed by atoms with Crippen LogP contribution in [0.2, 0.25) is 0 Å². The topological polar surface area (TPSA) is 21.3 Å². The number of benzene rings is 2. The summed E-state index contributed by atoms with van der Waals surface area (Å²) in [7, 11) is 1.37. The minimum Gasteiger partial charge on any atom is -0.494 e. The van der Waals surface area contributed by atoms with Gasteiger partial charge in [-0.05, 0) is 37.3 Å². The smallest absolute Gasteiger partial charge is 0.167 e. The summed E-state index contributed by atoms with van der Waals surface area (Å²) in [5.74, 6) is -1.43. The van der Waals surface area contributed by atoms with Crippen LogP contribution in [0.25, 0.3) is 0 Å². The van der Waals surface area contributed by atoms with Crippen molar-refractivity contribution in [1.82, 2.24) is 0 Å². The van der Waals surface area contributed by atoms with Crippen LogP contribution >= 0.6 is 0 Å². The molecule has 1 atom stereocenters. The van der Waals surface area contributed by atoms with E-state index < -0.39 is 23.5 Å². The van der Waals surface area contributed by atoms with E-state index in [9.17, 15) is 13.2 Å². The van der Waals surface area contributed by atoms with Gasteiger partial charge < -0.3 is 10.1 Å². The quantitative estimate of drug-likeness (QED) is 0.902. The van der Waals surface area contributed by atoms with Crippen molar-refractivity contribution in [2.75, 3.05) is 12.4 Å². The van der Waals surface area contributed by atoms with Crippen molar-refractivity contribution >= 4 is 5.69 Å². The molecule has 0 spiro atoms. The molecule has 5 heteroatoms. The van der Waals surface area contributed by atoms with Gasteiger partial charge in [-0.15, -0.1) is 0 Å². The highest BCUT2D eigenvalue weighted by Crippen LogP contribution is 2.25. The monoisotopic (exact) mass is 281 g/mol. The maximum absolute atomic E-state index is 13.6. The van der Waals surface area contributed by atoms with Crippen LogP contribution in [0.15, 0.2) is 36.4 Å². The molecule has 2 nitrogen and oxygen atoms in total. The Balaban J connectivity index is 2.21. The molecule has 106 valence electrons. The average molecular weight is 281 g/mol. The molecule has 0 aromatic heterocycles. The summed E-state index contributed by atoms with van der Waals surface area (Å²) in [6.45, 7) is 1.67. The highest BCUT2D eigenvalue weighted by atomic mass is 19.1. The molecule has 0 amide bonds. The number of hydrogen-bond acceptors (Lipinski definition) is 2. The molecule has 0 aliphatic heterocycles. The Labute approximate surface area is 115 Å². The van der Waals surface area contributed by atoms with E-state index in [1.54, 1.807) is 13.0 Å². The Morgan fingerprint density at radius 1 is 1.00 bits per heavy atom. The molecule has 2 rings (SSSR count). The highest BCUT2D eigenvalue weighted by Gasteiger charge is 2.13. The van der Waals surface area contributed by atoms with E-state index >= 15 is 0 Å². The number of hydrogen-bond donors (Lipinski definition) is 1. The molecule has 0 bridgehead atoms. The number of ether oxygens (including phenoxy) is 1. The van der Waals surface area contributed by atoms with E-state index in [-0.39, 0.29) is 11.3 Å². The fourth-order valence-electron chi connectivity index (χ4n) is 1.93. The van der Waals surface area contributed by atoms with Crippen LogP contribution in [0.4, 0.5) is 18.9 Å². The molecule has 0 radical (unpaired) electrons. The molecular weight excluding hydrogens is 267 g/mol. The molecule has 0 saturated heterocycles. The lowest BCUT2D eigenvalue weighted by molar-refractivity contribution is 0.386. The maximum atomic E-state index is 13.6. The van der Waals surface area contributed by atoms with E-state index in [1.165, 1.54) is 19.2 Å². The fraction of sp³-hybridized carbons (Fsp3) is 0.200. The Bertz CT molecular complexity index is 616. The first-order valence-electron chi connectivity index (χ1n) is 6.06. The SMILES string of the molecule is COc1ccc(NC(C)c2cc(F)ccc2F)cc1F. The van der Waals surface area contributed by atoms with Crippen LogP contribution in [-0.2, 0) is 0 Å². The van der Waals surface area contributed by atoms with Crippen LogP contribution in [0.5, 0.6) is 5.75 Å². The standard InChI is InChI=1S/C15H14F3NO/c1-9(12-7-10(16)3-5-13(12)17)19-11-4-6-15(20-2)14(18)8-11/h3-9,19H,1-2H3. The van der Waals surface area contributed by atoms with E-state index in [4.69, 9.17) is 4.74 Å². The number of halogens is 3. The molecule has 0 fully saturated rings. The van der Waals surface area contributed by atoms with E-state index in [1.807, 2.05) is 0 Å². The first kappa shape index (κ1) is 14.2. The van der Waals surface area contributed by atoms with Crippen LogP contribution in [0.1, 0.15) is 18.5 Å². The third kappa shape index (κ3) is 3.04. The van der Waals surface area contributed by atoms with E-state index in [0.29, 0.717) is 5.69 Å². The van der Waals surface area contributed by atoms with Crippen molar-refractivity contribution in [3.8, 4) is 5.75 Å². The molecule has 1 N–H and O–H groups in total. The molecule has 0 heterocycles. The van der Waals surface area contributed by atoms with Gasteiger partial charge in [-0.3, -0.25) is 0 Å². The van der Waals surface area contributed by atoms with Crippen LogP contribution in [-0.4, -0.2) is 7.11 Å². The van der Waals surface area contributed by atoms with Gasteiger partial charge in [-0.25, -0.2) is 13.2 Å². The zero-order valence-corrected chi connectivity index (χ0v) is 11.1. The molecule has 20 heavy (non-hydrogen) atoms. The summed E-state index contributed by atoms with van der Waals surface area (Å²) < 4.78 is 45.1. The Kier molecular flexibility index (Phi) is 4.17. The molecule has 0 aliphatic carbocycles. The summed E-state index contributed by atoms with van der Waals surface area (Å²) in [6, 6.07) is 7.05. The fourth-order valence-corrected chi connectivity index (χ4v) is 1.93. The van der Waals surface area contributed by atoms with Gasteiger partial charge in [0.15, 0.2) is 11.6 Å².